The van der Waals surface area contributed by atoms with Gasteiger partial charge in [0.2, 0.25) is 5.95 Å². The van der Waals surface area contributed by atoms with Crippen molar-refractivity contribution in [1.82, 2.24) is 19.8 Å². The lowest BCUT2D eigenvalue weighted by Gasteiger charge is -2.42. The number of piperazine rings is 1. The van der Waals surface area contributed by atoms with E-state index in [1.165, 1.54) is 55.8 Å². The maximum atomic E-state index is 6.56. The van der Waals surface area contributed by atoms with Crippen LogP contribution in [0.3, 0.4) is 0 Å². The summed E-state index contributed by atoms with van der Waals surface area (Å²) in [5.41, 5.74) is 4.74. The second-order valence-corrected chi connectivity index (χ2v) is 11.3. The molecule has 0 atom stereocenters. The standard InChI is InChI=1S/C30H38ClN7O/c1-35-15-17-37(18-16-35)24-10-13-36(14-11-24)25-7-8-27(28(19-25)39-2)33-30-32-20-26(31)29(34-30)38-12-9-22-5-3-4-6-23(22)21-38/h3-8,19-20,24H,9-18,21H2,1-2H3,(H,32,33,34). The molecule has 3 aliphatic heterocycles. The molecule has 2 saturated heterocycles. The zero-order valence-corrected chi connectivity index (χ0v) is 23.7. The average molecular weight is 548 g/mol. The molecule has 206 valence electrons. The van der Waals surface area contributed by atoms with Crippen molar-refractivity contribution < 1.29 is 4.74 Å². The minimum Gasteiger partial charge on any atom is -0.494 e. The first kappa shape index (κ1) is 26.2. The van der Waals surface area contributed by atoms with Crippen molar-refractivity contribution in [1.29, 1.82) is 0 Å². The lowest BCUT2D eigenvalue weighted by molar-refractivity contribution is 0.0982. The monoisotopic (exact) mass is 547 g/mol. The van der Waals surface area contributed by atoms with Gasteiger partial charge in [0.25, 0.3) is 0 Å². The minimum atomic E-state index is 0.507. The van der Waals surface area contributed by atoms with Gasteiger partial charge in [0.1, 0.15) is 10.8 Å². The van der Waals surface area contributed by atoms with Crippen LogP contribution in [0.25, 0.3) is 0 Å². The number of aromatic nitrogens is 2. The number of hydrogen-bond donors (Lipinski definition) is 1. The first-order valence-corrected chi connectivity index (χ1v) is 14.4. The van der Waals surface area contributed by atoms with Crippen molar-refractivity contribution in [2.24, 2.45) is 0 Å². The van der Waals surface area contributed by atoms with Gasteiger partial charge in [-0.1, -0.05) is 35.9 Å². The molecule has 8 nitrogen and oxygen atoms in total. The summed E-state index contributed by atoms with van der Waals surface area (Å²) >= 11 is 6.56. The highest BCUT2D eigenvalue weighted by atomic mass is 35.5. The van der Waals surface area contributed by atoms with E-state index < -0.39 is 0 Å². The number of rotatable bonds is 6. The molecule has 0 spiro atoms. The normalized spacial score (nSPS) is 19.2. The van der Waals surface area contributed by atoms with Gasteiger partial charge in [0, 0.05) is 70.2 Å². The Labute approximate surface area is 236 Å². The summed E-state index contributed by atoms with van der Waals surface area (Å²) in [7, 11) is 3.93. The predicted octanol–water partition coefficient (Wildman–Crippen LogP) is 4.66. The van der Waals surface area contributed by atoms with Crippen LogP contribution >= 0.6 is 11.6 Å². The fraction of sp³-hybridized carbons (Fsp3) is 0.467. The summed E-state index contributed by atoms with van der Waals surface area (Å²) in [6.07, 6.45) is 5.06. The van der Waals surface area contributed by atoms with Crippen molar-refractivity contribution in [3.05, 3.63) is 64.8 Å². The first-order valence-electron chi connectivity index (χ1n) is 14.0. The van der Waals surface area contributed by atoms with Gasteiger partial charge >= 0.3 is 0 Å². The Hall–Kier alpha value is -3.07. The average Bonchev–Trinajstić information content (AvgIpc) is 2.98. The van der Waals surface area contributed by atoms with E-state index in [2.05, 4.69) is 79.4 Å². The third-order valence-corrected chi connectivity index (χ3v) is 8.74. The minimum absolute atomic E-state index is 0.507. The Kier molecular flexibility index (Phi) is 7.77. The summed E-state index contributed by atoms with van der Waals surface area (Å²) in [6, 6.07) is 15.6. The smallest absolute Gasteiger partial charge is 0.229 e. The zero-order chi connectivity index (χ0) is 26.8. The molecule has 0 unspecified atom stereocenters. The van der Waals surface area contributed by atoms with Gasteiger partial charge in [0.15, 0.2) is 5.82 Å². The number of nitrogens with one attached hydrogen (secondary N) is 1. The van der Waals surface area contributed by atoms with Gasteiger partial charge in [-0.3, -0.25) is 4.90 Å². The highest BCUT2D eigenvalue weighted by Gasteiger charge is 2.27. The Morgan fingerprint density at radius 3 is 2.46 bits per heavy atom. The summed E-state index contributed by atoms with van der Waals surface area (Å²) in [5.74, 6) is 2.04. The van der Waals surface area contributed by atoms with Crippen LogP contribution in [0.1, 0.15) is 24.0 Å². The molecule has 0 aliphatic carbocycles. The third-order valence-electron chi connectivity index (χ3n) is 8.47. The molecule has 1 aromatic heterocycles. The number of fused-ring (bicyclic) bond motifs is 1. The van der Waals surface area contributed by atoms with E-state index in [-0.39, 0.29) is 0 Å². The van der Waals surface area contributed by atoms with Crippen LogP contribution in [0.2, 0.25) is 5.02 Å². The quantitative estimate of drug-likeness (QED) is 0.478. The summed E-state index contributed by atoms with van der Waals surface area (Å²) in [6.45, 7) is 8.52. The van der Waals surface area contributed by atoms with E-state index in [4.69, 9.17) is 21.3 Å². The van der Waals surface area contributed by atoms with Crippen molar-refractivity contribution in [3.8, 4) is 5.75 Å². The molecule has 39 heavy (non-hydrogen) atoms. The highest BCUT2D eigenvalue weighted by Crippen LogP contribution is 2.34. The number of ether oxygens (including phenoxy) is 1. The molecule has 6 rings (SSSR count). The molecule has 0 saturated carbocycles. The number of halogens is 1. The second kappa shape index (κ2) is 11.6. The van der Waals surface area contributed by atoms with E-state index in [1.807, 2.05) is 0 Å². The molecule has 0 radical (unpaired) electrons. The molecule has 0 amide bonds. The molecule has 9 heteroatoms. The van der Waals surface area contributed by atoms with Crippen molar-refractivity contribution >= 4 is 34.7 Å². The lowest BCUT2D eigenvalue weighted by Crippen LogP contribution is -2.52. The van der Waals surface area contributed by atoms with Crippen LogP contribution in [0.5, 0.6) is 5.75 Å². The number of likely N-dealkylation sites (N-methyl/N-ethyl adjacent to an activating group) is 1. The number of nitrogens with zero attached hydrogens (tertiary/aromatic N) is 6. The predicted molar refractivity (Wildman–Crippen MR) is 159 cm³/mol. The number of methoxy groups -OCH3 is 1. The van der Waals surface area contributed by atoms with E-state index >= 15 is 0 Å². The van der Waals surface area contributed by atoms with E-state index in [1.54, 1.807) is 13.3 Å². The Morgan fingerprint density at radius 1 is 0.923 bits per heavy atom. The summed E-state index contributed by atoms with van der Waals surface area (Å²) in [4.78, 5) is 19.1. The maximum absolute atomic E-state index is 6.56. The molecular weight excluding hydrogens is 510 g/mol. The molecule has 2 fully saturated rings. The van der Waals surface area contributed by atoms with Gasteiger partial charge < -0.3 is 24.8 Å². The maximum Gasteiger partial charge on any atom is 0.229 e. The van der Waals surface area contributed by atoms with Crippen molar-refractivity contribution in [2.75, 3.05) is 75.1 Å². The molecule has 0 bridgehead atoms. The van der Waals surface area contributed by atoms with Crippen LogP contribution < -0.4 is 19.9 Å². The molecule has 1 N–H and O–H groups in total. The number of hydrogen-bond acceptors (Lipinski definition) is 8. The van der Waals surface area contributed by atoms with Crippen LogP contribution in [-0.2, 0) is 13.0 Å². The number of benzene rings is 2. The van der Waals surface area contributed by atoms with E-state index in [0.717, 1.165) is 49.9 Å². The fourth-order valence-corrected chi connectivity index (χ4v) is 6.30. The molecule has 3 aromatic rings. The molecular formula is C30H38ClN7O. The summed E-state index contributed by atoms with van der Waals surface area (Å²) in [5, 5.41) is 3.93. The van der Waals surface area contributed by atoms with Crippen LogP contribution in [0.4, 0.5) is 23.1 Å². The second-order valence-electron chi connectivity index (χ2n) is 10.9. The van der Waals surface area contributed by atoms with E-state index in [0.29, 0.717) is 17.0 Å². The first-order chi connectivity index (χ1) is 19.1. The largest absolute Gasteiger partial charge is 0.494 e. The van der Waals surface area contributed by atoms with Gasteiger partial charge in [0.05, 0.1) is 19.0 Å². The number of piperidine rings is 1. The molecule has 2 aromatic carbocycles. The van der Waals surface area contributed by atoms with Crippen molar-refractivity contribution in [3.63, 3.8) is 0 Å². The molecule has 4 heterocycles. The van der Waals surface area contributed by atoms with Crippen LogP contribution in [0.15, 0.2) is 48.7 Å². The Morgan fingerprint density at radius 2 is 1.69 bits per heavy atom. The topological polar surface area (TPSA) is 60.0 Å². The van der Waals surface area contributed by atoms with Crippen molar-refractivity contribution in [2.45, 2.75) is 31.8 Å². The van der Waals surface area contributed by atoms with Crippen LogP contribution in [0, 0.1) is 0 Å². The third kappa shape index (κ3) is 5.78. The van der Waals surface area contributed by atoms with E-state index in [9.17, 15) is 0 Å². The summed E-state index contributed by atoms with van der Waals surface area (Å²) < 4.78 is 5.79. The van der Waals surface area contributed by atoms with Crippen LogP contribution in [-0.4, -0.2) is 85.8 Å². The highest BCUT2D eigenvalue weighted by molar-refractivity contribution is 6.32. The Balaban J connectivity index is 1.12. The van der Waals surface area contributed by atoms with Gasteiger partial charge in [-0.25, -0.2) is 4.98 Å². The number of anilines is 4. The zero-order valence-electron chi connectivity index (χ0n) is 22.9. The van der Waals surface area contributed by atoms with Gasteiger partial charge in [-0.05, 0) is 49.6 Å². The van der Waals surface area contributed by atoms with Gasteiger partial charge in [-0.15, -0.1) is 0 Å². The fourth-order valence-electron chi connectivity index (χ4n) is 6.09. The SMILES string of the molecule is COc1cc(N2CCC(N3CCN(C)CC3)CC2)ccc1Nc1ncc(Cl)c(N2CCc3ccccc3C2)n1. The van der Waals surface area contributed by atoms with Gasteiger partial charge in [-0.2, -0.15) is 4.98 Å². The Bertz CT molecular complexity index is 1290. The lowest BCUT2D eigenvalue weighted by atomic mass is 10.00. The molecule has 3 aliphatic rings.